The van der Waals surface area contributed by atoms with Gasteiger partial charge in [0.2, 0.25) is 11.8 Å². The van der Waals surface area contributed by atoms with E-state index in [1.807, 2.05) is 27.7 Å². The van der Waals surface area contributed by atoms with Gasteiger partial charge in [-0.2, -0.15) is 0 Å². The molecule has 1 saturated heterocycles. The summed E-state index contributed by atoms with van der Waals surface area (Å²) in [6, 6.07) is 0. The third kappa shape index (κ3) is 7.13. The number of nitrogens with zero attached hydrogens (tertiary/aromatic N) is 1. The largest absolute Gasteiger partial charge is 0.377 e. The van der Waals surface area contributed by atoms with Gasteiger partial charge in [-0.25, -0.2) is 0 Å². The van der Waals surface area contributed by atoms with Crippen LogP contribution in [-0.2, 0) is 23.9 Å². The average Bonchev–Trinajstić information content (AvgIpc) is 2.75. The van der Waals surface area contributed by atoms with Gasteiger partial charge < -0.3 is 9.47 Å². The van der Waals surface area contributed by atoms with Crippen molar-refractivity contribution in [2.75, 3.05) is 33.0 Å². The Hall–Kier alpha value is -1.27. The molecular formula is C16H29NO5. The Morgan fingerprint density at radius 3 is 2.27 bits per heavy atom. The molecule has 0 spiro atoms. The Kier molecular flexibility index (Phi) is 10.7. The standard InChI is InChI=1S/C14H23NO5.C2H6/c1-10(2)12-8-13(17)15(14(12)18)4-5-19-6-7-20-9-11(3)16;1-2/h10,12H,4-9H2,1-3H3;1-2H3. The van der Waals surface area contributed by atoms with Gasteiger partial charge in [-0.3, -0.25) is 19.3 Å². The van der Waals surface area contributed by atoms with E-state index in [9.17, 15) is 14.4 Å². The van der Waals surface area contributed by atoms with Crippen molar-refractivity contribution < 1.29 is 23.9 Å². The van der Waals surface area contributed by atoms with Crippen LogP contribution in [-0.4, -0.2) is 55.5 Å². The highest BCUT2D eigenvalue weighted by atomic mass is 16.5. The molecule has 0 aromatic rings. The summed E-state index contributed by atoms with van der Waals surface area (Å²) in [6.45, 7) is 10.7. The van der Waals surface area contributed by atoms with Gasteiger partial charge in [0.1, 0.15) is 6.61 Å². The van der Waals surface area contributed by atoms with Crippen molar-refractivity contribution in [1.82, 2.24) is 4.90 Å². The number of ketones is 1. The molecule has 0 aromatic carbocycles. The third-order valence-electron chi connectivity index (χ3n) is 3.22. The monoisotopic (exact) mass is 315 g/mol. The van der Waals surface area contributed by atoms with Gasteiger partial charge in [-0.1, -0.05) is 27.7 Å². The SMILES string of the molecule is CC.CC(=O)COCCOCCN1C(=O)CC(C(C)C)C1=O. The van der Waals surface area contributed by atoms with E-state index >= 15 is 0 Å². The van der Waals surface area contributed by atoms with E-state index in [2.05, 4.69) is 0 Å². The van der Waals surface area contributed by atoms with Gasteiger partial charge >= 0.3 is 0 Å². The zero-order chi connectivity index (χ0) is 17.1. The Balaban J connectivity index is 0.00000211. The van der Waals surface area contributed by atoms with E-state index < -0.39 is 0 Å². The lowest BCUT2D eigenvalue weighted by atomic mass is 9.94. The fourth-order valence-corrected chi connectivity index (χ4v) is 2.06. The molecule has 128 valence electrons. The number of carbonyl (C=O) groups excluding carboxylic acids is 3. The number of hydrogen-bond donors (Lipinski definition) is 0. The number of likely N-dealkylation sites (tertiary alicyclic amines) is 1. The Morgan fingerprint density at radius 1 is 1.18 bits per heavy atom. The minimum atomic E-state index is -0.193. The molecule has 1 heterocycles. The smallest absolute Gasteiger partial charge is 0.233 e. The van der Waals surface area contributed by atoms with E-state index in [1.54, 1.807) is 0 Å². The van der Waals surface area contributed by atoms with Gasteiger partial charge in [0.25, 0.3) is 0 Å². The third-order valence-corrected chi connectivity index (χ3v) is 3.22. The summed E-state index contributed by atoms with van der Waals surface area (Å²) in [5.74, 6) is -0.261. The lowest BCUT2D eigenvalue weighted by molar-refractivity contribution is -0.140. The van der Waals surface area contributed by atoms with Crippen LogP contribution in [0.4, 0.5) is 0 Å². The molecule has 6 heteroatoms. The summed E-state index contributed by atoms with van der Waals surface area (Å²) in [6.07, 6.45) is 0.304. The minimum Gasteiger partial charge on any atom is -0.377 e. The lowest BCUT2D eigenvalue weighted by Gasteiger charge is -2.16. The first-order chi connectivity index (χ1) is 10.4. The molecule has 1 unspecified atom stereocenters. The summed E-state index contributed by atoms with van der Waals surface area (Å²) >= 11 is 0. The molecule has 22 heavy (non-hydrogen) atoms. The van der Waals surface area contributed by atoms with Gasteiger partial charge in [-0.05, 0) is 12.8 Å². The van der Waals surface area contributed by atoms with E-state index in [0.717, 1.165) is 0 Å². The quantitative estimate of drug-likeness (QED) is 0.478. The van der Waals surface area contributed by atoms with Crippen molar-refractivity contribution >= 4 is 17.6 Å². The molecule has 6 nitrogen and oxygen atoms in total. The Morgan fingerprint density at radius 2 is 1.77 bits per heavy atom. The van der Waals surface area contributed by atoms with Crippen LogP contribution in [0.1, 0.15) is 41.0 Å². The van der Waals surface area contributed by atoms with Crippen molar-refractivity contribution in [3.63, 3.8) is 0 Å². The lowest BCUT2D eigenvalue weighted by Crippen LogP contribution is -2.34. The molecule has 0 bridgehead atoms. The van der Waals surface area contributed by atoms with Crippen molar-refractivity contribution in [3.8, 4) is 0 Å². The van der Waals surface area contributed by atoms with E-state index in [1.165, 1.54) is 11.8 Å². The number of ether oxygens (including phenoxy) is 2. The van der Waals surface area contributed by atoms with Crippen molar-refractivity contribution in [1.29, 1.82) is 0 Å². The topological polar surface area (TPSA) is 72.9 Å². The van der Waals surface area contributed by atoms with Gasteiger partial charge in [0.15, 0.2) is 5.78 Å². The summed E-state index contributed by atoms with van der Waals surface area (Å²) in [5.41, 5.74) is 0. The first-order valence-electron chi connectivity index (χ1n) is 7.92. The average molecular weight is 315 g/mol. The summed E-state index contributed by atoms with van der Waals surface area (Å²) in [4.78, 5) is 35.6. The molecule has 2 amide bonds. The zero-order valence-electron chi connectivity index (χ0n) is 14.4. The molecule has 1 fully saturated rings. The van der Waals surface area contributed by atoms with Crippen LogP contribution in [0.5, 0.6) is 0 Å². The molecule has 0 aromatic heterocycles. The second-order valence-corrected chi connectivity index (χ2v) is 5.31. The first kappa shape index (κ1) is 20.7. The number of rotatable bonds is 9. The van der Waals surface area contributed by atoms with E-state index in [-0.39, 0.29) is 42.6 Å². The highest BCUT2D eigenvalue weighted by Crippen LogP contribution is 2.25. The number of carbonyl (C=O) groups is 3. The van der Waals surface area contributed by atoms with Gasteiger partial charge in [0, 0.05) is 12.3 Å². The molecule has 0 saturated carbocycles. The molecule has 1 atom stereocenters. The predicted octanol–water partition coefficient (Wildman–Crippen LogP) is 1.67. The Labute approximate surface area is 133 Å². The maximum absolute atomic E-state index is 12.0. The molecular weight excluding hydrogens is 286 g/mol. The second kappa shape index (κ2) is 11.3. The molecule has 0 radical (unpaired) electrons. The molecule has 1 rings (SSSR count). The van der Waals surface area contributed by atoms with Crippen molar-refractivity contribution in [3.05, 3.63) is 0 Å². The van der Waals surface area contributed by atoms with Crippen LogP contribution in [0.2, 0.25) is 0 Å². The van der Waals surface area contributed by atoms with Gasteiger partial charge in [0.05, 0.1) is 26.4 Å². The summed E-state index contributed by atoms with van der Waals surface area (Å²) < 4.78 is 10.3. The fourth-order valence-electron chi connectivity index (χ4n) is 2.06. The fraction of sp³-hybridized carbons (Fsp3) is 0.812. The molecule has 1 aliphatic rings. The predicted molar refractivity (Wildman–Crippen MR) is 83.3 cm³/mol. The number of amides is 2. The highest BCUT2D eigenvalue weighted by molar-refractivity contribution is 6.03. The molecule has 0 N–H and O–H groups in total. The number of imide groups is 1. The normalized spacial score (nSPS) is 17.7. The summed E-state index contributed by atoms with van der Waals surface area (Å²) in [5, 5.41) is 0. The van der Waals surface area contributed by atoms with Gasteiger partial charge in [-0.15, -0.1) is 0 Å². The van der Waals surface area contributed by atoms with Crippen LogP contribution in [0.15, 0.2) is 0 Å². The highest BCUT2D eigenvalue weighted by Gasteiger charge is 2.39. The first-order valence-corrected chi connectivity index (χ1v) is 7.92. The minimum absolute atomic E-state index is 0.0296. The van der Waals surface area contributed by atoms with Crippen LogP contribution in [0.3, 0.4) is 0 Å². The van der Waals surface area contributed by atoms with Crippen LogP contribution >= 0.6 is 0 Å². The molecule has 0 aliphatic carbocycles. The van der Waals surface area contributed by atoms with E-state index in [4.69, 9.17) is 9.47 Å². The zero-order valence-corrected chi connectivity index (χ0v) is 14.4. The Bertz CT molecular complexity index is 368. The maximum atomic E-state index is 12.0. The van der Waals surface area contributed by atoms with Crippen LogP contribution < -0.4 is 0 Å². The van der Waals surface area contributed by atoms with Crippen molar-refractivity contribution in [2.45, 2.75) is 41.0 Å². The maximum Gasteiger partial charge on any atom is 0.233 e. The molecule has 1 aliphatic heterocycles. The van der Waals surface area contributed by atoms with Crippen LogP contribution in [0, 0.1) is 11.8 Å². The van der Waals surface area contributed by atoms with E-state index in [0.29, 0.717) is 26.2 Å². The van der Waals surface area contributed by atoms with Crippen molar-refractivity contribution in [2.24, 2.45) is 11.8 Å². The van der Waals surface area contributed by atoms with Crippen LogP contribution in [0.25, 0.3) is 0 Å². The second-order valence-electron chi connectivity index (χ2n) is 5.31. The summed E-state index contributed by atoms with van der Waals surface area (Å²) in [7, 11) is 0. The number of Topliss-reactive ketones (excluding diaryl/α,β-unsaturated/α-hetero) is 1. The number of hydrogen-bond acceptors (Lipinski definition) is 5.